The number of hydrogen-bond acceptors (Lipinski definition) is 6. The fourth-order valence-electron chi connectivity index (χ4n) is 3.00. The summed E-state index contributed by atoms with van der Waals surface area (Å²) in [5.41, 5.74) is 14.8. The number of ether oxygens (including phenoxy) is 1. The summed E-state index contributed by atoms with van der Waals surface area (Å²) in [4.78, 5) is 24.4. The molecule has 5 N–H and O–H groups in total. The number of thiocarbonyl (C=S) groups is 1. The van der Waals surface area contributed by atoms with Crippen LogP contribution >= 0.6 is 12.2 Å². The molecule has 1 heterocycles. The highest BCUT2D eigenvalue weighted by molar-refractivity contribution is 7.80. The lowest BCUT2D eigenvalue weighted by Gasteiger charge is -2.13. The topological polar surface area (TPSA) is 131 Å². The molecule has 0 unspecified atom stereocenters. The molecule has 3 rings (SSSR count). The molecule has 1 aromatic carbocycles. The second-order valence-electron chi connectivity index (χ2n) is 6.35. The number of rotatable bonds is 5. The van der Waals surface area contributed by atoms with Gasteiger partial charge in [0, 0.05) is 17.5 Å². The smallest absolute Gasteiger partial charge is 0.305 e. The summed E-state index contributed by atoms with van der Waals surface area (Å²) in [6.07, 6.45) is 2.22. The van der Waals surface area contributed by atoms with Gasteiger partial charge in [-0.15, -0.1) is 0 Å². The van der Waals surface area contributed by atoms with Crippen LogP contribution in [0.15, 0.2) is 39.9 Å². The van der Waals surface area contributed by atoms with E-state index >= 15 is 0 Å². The van der Waals surface area contributed by atoms with E-state index in [1.807, 2.05) is 6.07 Å². The number of benzene rings is 1. The molecule has 1 aromatic heterocycles. The monoisotopic (exact) mass is 415 g/mol. The normalized spacial score (nSPS) is 14.0. The Morgan fingerprint density at radius 1 is 1.24 bits per heavy atom. The number of nitrogens with one attached hydrogen (secondary N) is 3. The average molecular weight is 415 g/mol. The van der Waals surface area contributed by atoms with Gasteiger partial charge in [-0.2, -0.15) is 5.10 Å². The Kier molecular flexibility index (Phi) is 6.45. The molecular formula is C19H21N5O4S. The molecule has 0 saturated heterocycles. The molecule has 152 valence electrons. The molecule has 0 spiro atoms. The number of hydrazine groups is 1. The Balaban J connectivity index is 1.62. The van der Waals surface area contributed by atoms with Gasteiger partial charge in [0.25, 0.3) is 5.91 Å². The van der Waals surface area contributed by atoms with Gasteiger partial charge >= 0.3 is 5.91 Å². The van der Waals surface area contributed by atoms with E-state index in [1.165, 1.54) is 0 Å². The number of carbonyl (C=O) groups is 2. The van der Waals surface area contributed by atoms with Crippen molar-refractivity contribution in [2.24, 2.45) is 10.8 Å². The van der Waals surface area contributed by atoms with Gasteiger partial charge in [0.05, 0.1) is 5.71 Å². The van der Waals surface area contributed by atoms with Crippen molar-refractivity contribution < 1.29 is 18.7 Å². The molecule has 9 nitrogen and oxygen atoms in total. The first kappa shape index (κ1) is 20.3. The van der Waals surface area contributed by atoms with Crippen LogP contribution in [-0.4, -0.2) is 29.2 Å². The maximum Gasteiger partial charge on any atom is 0.305 e. The van der Waals surface area contributed by atoms with Crippen LogP contribution in [0.25, 0.3) is 0 Å². The number of nitrogens with zero attached hydrogens (tertiary/aromatic N) is 1. The summed E-state index contributed by atoms with van der Waals surface area (Å²) < 4.78 is 11.1. The third kappa shape index (κ3) is 5.11. The lowest BCUT2D eigenvalue weighted by atomic mass is 9.93. The second kappa shape index (κ2) is 9.20. The Hall–Kier alpha value is -3.40. The first-order chi connectivity index (χ1) is 14.0. The summed E-state index contributed by atoms with van der Waals surface area (Å²) >= 11 is 4.78. The SMILES string of the molecule is Cc1c(C(=O)NNC(=O)COc2ccccc2)oc2c1/C(=N/NC(N)=S)CCC2. The van der Waals surface area contributed by atoms with Crippen LogP contribution in [0, 0.1) is 6.92 Å². The zero-order valence-corrected chi connectivity index (χ0v) is 16.6. The number of hydrazone groups is 1. The Morgan fingerprint density at radius 2 is 2.00 bits per heavy atom. The van der Waals surface area contributed by atoms with Crippen LogP contribution in [0.2, 0.25) is 0 Å². The molecule has 0 radical (unpaired) electrons. The van der Waals surface area contributed by atoms with Gasteiger partial charge in [0.2, 0.25) is 0 Å². The Morgan fingerprint density at radius 3 is 2.72 bits per heavy atom. The highest BCUT2D eigenvalue weighted by atomic mass is 32.1. The highest BCUT2D eigenvalue weighted by Crippen LogP contribution is 2.29. The fraction of sp³-hybridized carbons (Fsp3) is 0.263. The fourth-order valence-corrected chi connectivity index (χ4v) is 3.05. The maximum atomic E-state index is 12.5. The first-order valence-electron chi connectivity index (χ1n) is 8.97. The molecule has 0 saturated carbocycles. The zero-order valence-electron chi connectivity index (χ0n) is 15.8. The number of fused-ring (bicyclic) bond motifs is 1. The molecule has 1 aliphatic rings. The minimum atomic E-state index is -0.563. The summed E-state index contributed by atoms with van der Waals surface area (Å²) in [6, 6.07) is 8.89. The van der Waals surface area contributed by atoms with E-state index in [4.69, 9.17) is 27.1 Å². The molecule has 0 fully saturated rings. The quantitative estimate of drug-likeness (QED) is 0.428. The van der Waals surface area contributed by atoms with Crippen LogP contribution in [0.5, 0.6) is 5.75 Å². The van der Waals surface area contributed by atoms with Gasteiger partial charge < -0.3 is 14.9 Å². The third-order valence-corrected chi connectivity index (χ3v) is 4.35. The van der Waals surface area contributed by atoms with Gasteiger partial charge in [-0.05, 0) is 44.1 Å². The van der Waals surface area contributed by atoms with E-state index < -0.39 is 11.8 Å². The largest absolute Gasteiger partial charge is 0.484 e. The Labute approximate surface area is 172 Å². The maximum absolute atomic E-state index is 12.5. The standard InChI is InChI=1S/C19H21N5O4S/c1-11-16-13(21-24-19(20)29)8-5-9-14(16)28-17(11)18(26)23-22-15(25)10-27-12-6-3-2-4-7-12/h2-4,6-7H,5,8-10H2,1H3,(H,22,25)(H,23,26)(H3,20,24,29)/b21-13+. The van der Waals surface area contributed by atoms with Crippen LogP contribution in [0.3, 0.4) is 0 Å². The summed E-state index contributed by atoms with van der Waals surface area (Å²) in [6.45, 7) is 1.53. The van der Waals surface area contributed by atoms with E-state index in [0.717, 1.165) is 17.7 Å². The number of aryl methyl sites for hydroxylation is 1. The first-order valence-corrected chi connectivity index (χ1v) is 9.38. The van der Waals surface area contributed by atoms with Crippen LogP contribution in [-0.2, 0) is 11.2 Å². The third-order valence-electron chi connectivity index (χ3n) is 4.26. The predicted molar refractivity (Wildman–Crippen MR) is 110 cm³/mol. The number of carbonyl (C=O) groups excluding carboxylic acids is 2. The predicted octanol–water partition coefficient (Wildman–Crippen LogP) is 1.30. The number of furan rings is 1. The molecule has 0 bridgehead atoms. The van der Waals surface area contributed by atoms with Gasteiger partial charge in [-0.1, -0.05) is 18.2 Å². The molecule has 0 aliphatic heterocycles. The highest BCUT2D eigenvalue weighted by Gasteiger charge is 2.28. The number of hydrogen-bond donors (Lipinski definition) is 4. The van der Waals surface area contributed by atoms with Crippen molar-refractivity contribution in [3.8, 4) is 5.75 Å². The molecule has 10 heteroatoms. The molecule has 0 atom stereocenters. The lowest BCUT2D eigenvalue weighted by molar-refractivity contribution is -0.123. The molecule has 1 aliphatic carbocycles. The Bertz CT molecular complexity index is 955. The van der Waals surface area contributed by atoms with Crippen molar-refractivity contribution >= 4 is 34.9 Å². The van der Waals surface area contributed by atoms with E-state index in [-0.39, 0.29) is 17.5 Å². The van der Waals surface area contributed by atoms with E-state index in [1.54, 1.807) is 31.2 Å². The zero-order chi connectivity index (χ0) is 20.8. The minimum absolute atomic E-state index is 0.0594. The van der Waals surface area contributed by atoms with Crippen molar-refractivity contribution in [3.05, 3.63) is 53.0 Å². The number of nitrogens with two attached hydrogens (primary N) is 1. The van der Waals surface area contributed by atoms with Crippen molar-refractivity contribution in [1.82, 2.24) is 16.3 Å². The number of amides is 2. The minimum Gasteiger partial charge on any atom is -0.484 e. The van der Waals surface area contributed by atoms with Gasteiger partial charge in [0.1, 0.15) is 11.5 Å². The molecular weight excluding hydrogens is 394 g/mol. The molecule has 2 aromatic rings. The van der Waals surface area contributed by atoms with Crippen LogP contribution in [0.4, 0.5) is 0 Å². The second-order valence-corrected chi connectivity index (χ2v) is 6.79. The molecule has 29 heavy (non-hydrogen) atoms. The summed E-state index contributed by atoms with van der Waals surface area (Å²) in [7, 11) is 0. The van der Waals surface area contributed by atoms with Crippen LogP contribution in [0.1, 0.15) is 40.3 Å². The van der Waals surface area contributed by atoms with E-state index in [9.17, 15) is 9.59 Å². The lowest BCUT2D eigenvalue weighted by Crippen LogP contribution is -2.43. The van der Waals surface area contributed by atoms with Gasteiger partial charge in [0.15, 0.2) is 17.5 Å². The van der Waals surface area contributed by atoms with Crippen molar-refractivity contribution in [2.45, 2.75) is 26.2 Å². The van der Waals surface area contributed by atoms with E-state index in [2.05, 4.69) is 21.4 Å². The average Bonchev–Trinajstić information content (AvgIpc) is 3.07. The summed E-state index contributed by atoms with van der Waals surface area (Å²) in [5.74, 6) is 0.275. The van der Waals surface area contributed by atoms with Crippen molar-refractivity contribution in [3.63, 3.8) is 0 Å². The van der Waals surface area contributed by atoms with Crippen molar-refractivity contribution in [2.75, 3.05) is 6.61 Å². The van der Waals surface area contributed by atoms with E-state index in [0.29, 0.717) is 29.9 Å². The van der Waals surface area contributed by atoms with Crippen LogP contribution < -0.4 is 26.7 Å². The van der Waals surface area contributed by atoms with Gasteiger partial charge in [-0.25, -0.2) is 0 Å². The van der Waals surface area contributed by atoms with Gasteiger partial charge in [-0.3, -0.25) is 25.9 Å². The van der Waals surface area contributed by atoms with Crippen molar-refractivity contribution in [1.29, 1.82) is 0 Å². The number of para-hydroxylation sites is 1. The summed E-state index contributed by atoms with van der Waals surface area (Å²) in [5, 5.41) is 4.27. The molecule has 2 amide bonds.